The Morgan fingerprint density at radius 2 is 1.67 bits per heavy atom. The Hall–Kier alpha value is -1.64. The van der Waals surface area contributed by atoms with E-state index in [0.717, 1.165) is 16.7 Å². The third-order valence-electron chi connectivity index (χ3n) is 3.79. The van der Waals surface area contributed by atoms with Crippen molar-refractivity contribution in [3.8, 4) is 0 Å². The van der Waals surface area contributed by atoms with Gasteiger partial charge in [-0.25, -0.2) is 0 Å². The number of hydrogen-bond donors (Lipinski definition) is 1. The first kappa shape index (κ1) is 15.7. The molecule has 0 radical (unpaired) electrons. The van der Waals surface area contributed by atoms with E-state index in [9.17, 15) is 5.11 Å². The Morgan fingerprint density at radius 1 is 1.00 bits per heavy atom. The minimum atomic E-state index is -0.499. The molecule has 0 heterocycles. The minimum Gasteiger partial charge on any atom is -0.388 e. The second-order valence-electron chi connectivity index (χ2n) is 5.75. The van der Waals surface area contributed by atoms with Gasteiger partial charge in [-0.1, -0.05) is 62.4 Å². The number of aliphatic hydroxyl groups excluding tert-OH is 1. The molecule has 1 atom stereocenters. The fourth-order valence-corrected chi connectivity index (χ4v) is 2.52. The van der Waals surface area contributed by atoms with Gasteiger partial charge in [0.2, 0.25) is 0 Å². The molecular weight excluding hydrogens is 260 g/mol. The van der Waals surface area contributed by atoms with Gasteiger partial charge in [-0.2, -0.15) is 0 Å². The molecule has 2 aromatic carbocycles. The Morgan fingerprint density at radius 3 is 2.29 bits per heavy atom. The van der Waals surface area contributed by atoms with Crippen LogP contribution in [0.1, 0.15) is 48.1 Å². The van der Waals surface area contributed by atoms with Gasteiger partial charge in [0.15, 0.2) is 0 Å². The predicted octanol–water partition coefficient (Wildman–Crippen LogP) is 4.23. The summed E-state index contributed by atoms with van der Waals surface area (Å²) in [5.74, 6) is 0.534. The van der Waals surface area contributed by atoms with Crippen molar-refractivity contribution in [2.75, 3.05) is 7.11 Å². The SMILES string of the molecule is COCc1ccccc1C(O)Cc1ccc(C(C)C)cc1. The average Bonchev–Trinajstić information content (AvgIpc) is 2.48. The second kappa shape index (κ2) is 7.39. The molecule has 0 saturated heterocycles. The van der Waals surface area contributed by atoms with Crippen LogP contribution in [0.25, 0.3) is 0 Å². The van der Waals surface area contributed by atoms with E-state index in [0.29, 0.717) is 18.9 Å². The van der Waals surface area contributed by atoms with Crippen molar-refractivity contribution in [3.05, 3.63) is 70.8 Å². The van der Waals surface area contributed by atoms with E-state index in [4.69, 9.17) is 4.74 Å². The Balaban J connectivity index is 2.12. The molecule has 0 aromatic heterocycles. The van der Waals surface area contributed by atoms with Crippen molar-refractivity contribution < 1.29 is 9.84 Å². The van der Waals surface area contributed by atoms with E-state index in [2.05, 4.69) is 38.1 Å². The van der Waals surface area contributed by atoms with E-state index in [1.165, 1.54) is 5.56 Å². The first-order chi connectivity index (χ1) is 10.1. The molecular formula is C19H24O2. The largest absolute Gasteiger partial charge is 0.388 e. The number of ether oxygens (including phenoxy) is 1. The molecule has 0 spiro atoms. The highest BCUT2D eigenvalue weighted by atomic mass is 16.5. The van der Waals surface area contributed by atoms with Crippen LogP contribution in [0.4, 0.5) is 0 Å². The zero-order valence-corrected chi connectivity index (χ0v) is 13.0. The van der Waals surface area contributed by atoms with Crippen LogP contribution in [0.15, 0.2) is 48.5 Å². The second-order valence-corrected chi connectivity index (χ2v) is 5.75. The first-order valence-corrected chi connectivity index (χ1v) is 7.45. The van der Waals surface area contributed by atoms with Crippen LogP contribution in [0.5, 0.6) is 0 Å². The molecule has 0 saturated carbocycles. The molecule has 1 N–H and O–H groups in total. The highest BCUT2D eigenvalue weighted by Crippen LogP contribution is 2.23. The molecule has 1 unspecified atom stereocenters. The van der Waals surface area contributed by atoms with Gasteiger partial charge in [0.1, 0.15) is 0 Å². The number of rotatable bonds is 6. The molecule has 2 heteroatoms. The highest BCUT2D eigenvalue weighted by molar-refractivity contribution is 5.31. The lowest BCUT2D eigenvalue weighted by Gasteiger charge is -2.16. The van der Waals surface area contributed by atoms with E-state index >= 15 is 0 Å². The molecule has 0 fully saturated rings. The van der Waals surface area contributed by atoms with Crippen LogP contribution in [0.3, 0.4) is 0 Å². The Bertz CT molecular complexity index is 558. The molecule has 112 valence electrons. The zero-order chi connectivity index (χ0) is 15.2. The standard InChI is InChI=1S/C19H24O2/c1-14(2)16-10-8-15(9-11-16)12-19(20)18-7-5-4-6-17(18)13-21-3/h4-11,14,19-20H,12-13H2,1-3H3. The van der Waals surface area contributed by atoms with Crippen molar-refractivity contribution in [1.29, 1.82) is 0 Å². The Labute approximate surface area is 127 Å². The summed E-state index contributed by atoms with van der Waals surface area (Å²) in [6, 6.07) is 16.4. The summed E-state index contributed by atoms with van der Waals surface area (Å²) in [5, 5.41) is 10.5. The van der Waals surface area contributed by atoms with Crippen LogP contribution in [0, 0.1) is 0 Å². The quantitative estimate of drug-likeness (QED) is 0.860. The predicted molar refractivity (Wildman–Crippen MR) is 86.3 cm³/mol. The van der Waals surface area contributed by atoms with Crippen LogP contribution in [0.2, 0.25) is 0 Å². The van der Waals surface area contributed by atoms with Gasteiger partial charge in [-0.3, -0.25) is 0 Å². The molecule has 0 amide bonds. The minimum absolute atomic E-state index is 0.499. The average molecular weight is 284 g/mol. The molecule has 2 nitrogen and oxygen atoms in total. The fourth-order valence-electron chi connectivity index (χ4n) is 2.52. The van der Waals surface area contributed by atoms with Crippen molar-refractivity contribution in [1.82, 2.24) is 0 Å². The summed E-state index contributed by atoms with van der Waals surface area (Å²) in [6.07, 6.45) is 0.125. The van der Waals surface area contributed by atoms with Crippen LogP contribution < -0.4 is 0 Å². The smallest absolute Gasteiger partial charge is 0.0833 e. The molecule has 2 rings (SSSR count). The Kier molecular flexibility index (Phi) is 5.54. The van der Waals surface area contributed by atoms with Gasteiger partial charge < -0.3 is 9.84 Å². The van der Waals surface area contributed by atoms with Gasteiger partial charge in [0.25, 0.3) is 0 Å². The topological polar surface area (TPSA) is 29.5 Å². The fraction of sp³-hybridized carbons (Fsp3) is 0.368. The maximum atomic E-state index is 10.5. The maximum absolute atomic E-state index is 10.5. The van der Waals surface area contributed by atoms with Crippen molar-refractivity contribution >= 4 is 0 Å². The van der Waals surface area contributed by atoms with Crippen LogP contribution in [-0.2, 0) is 17.8 Å². The molecule has 0 aliphatic heterocycles. The lowest BCUT2D eigenvalue weighted by Crippen LogP contribution is -2.06. The van der Waals surface area contributed by atoms with Crippen molar-refractivity contribution in [2.24, 2.45) is 0 Å². The first-order valence-electron chi connectivity index (χ1n) is 7.45. The van der Waals surface area contributed by atoms with Crippen LogP contribution >= 0.6 is 0 Å². The molecule has 2 aromatic rings. The molecule has 0 bridgehead atoms. The lowest BCUT2D eigenvalue weighted by atomic mass is 9.95. The number of aliphatic hydroxyl groups is 1. The van der Waals surface area contributed by atoms with Gasteiger partial charge in [0.05, 0.1) is 12.7 Å². The number of benzene rings is 2. The van der Waals surface area contributed by atoms with Gasteiger partial charge in [-0.15, -0.1) is 0 Å². The van der Waals surface area contributed by atoms with Gasteiger partial charge >= 0.3 is 0 Å². The van der Waals surface area contributed by atoms with Gasteiger partial charge in [-0.05, 0) is 28.2 Å². The monoisotopic (exact) mass is 284 g/mol. The van der Waals surface area contributed by atoms with E-state index in [1.807, 2.05) is 24.3 Å². The number of methoxy groups -OCH3 is 1. The normalized spacial score (nSPS) is 12.6. The summed E-state index contributed by atoms with van der Waals surface area (Å²) in [5.41, 5.74) is 4.48. The molecule has 21 heavy (non-hydrogen) atoms. The van der Waals surface area contributed by atoms with E-state index in [1.54, 1.807) is 7.11 Å². The highest BCUT2D eigenvalue weighted by Gasteiger charge is 2.12. The lowest BCUT2D eigenvalue weighted by molar-refractivity contribution is 0.161. The van der Waals surface area contributed by atoms with Gasteiger partial charge in [0, 0.05) is 13.5 Å². The van der Waals surface area contributed by atoms with Crippen molar-refractivity contribution in [2.45, 2.75) is 38.9 Å². The van der Waals surface area contributed by atoms with E-state index < -0.39 is 6.10 Å². The van der Waals surface area contributed by atoms with E-state index in [-0.39, 0.29) is 0 Å². The van der Waals surface area contributed by atoms with Crippen LogP contribution in [-0.4, -0.2) is 12.2 Å². The number of hydrogen-bond acceptors (Lipinski definition) is 2. The summed E-state index contributed by atoms with van der Waals surface area (Å²) in [4.78, 5) is 0. The summed E-state index contributed by atoms with van der Waals surface area (Å²) >= 11 is 0. The summed E-state index contributed by atoms with van der Waals surface area (Å²) in [7, 11) is 1.67. The summed E-state index contributed by atoms with van der Waals surface area (Å²) < 4.78 is 5.20. The third-order valence-corrected chi connectivity index (χ3v) is 3.79. The maximum Gasteiger partial charge on any atom is 0.0833 e. The third kappa shape index (κ3) is 4.16. The zero-order valence-electron chi connectivity index (χ0n) is 13.0. The molecule has 0 aliphatic rings. The molecule has 0 aliphatic carbocycles. The summed E-state index contributed by atoms with van der Waals surface area (Å²) in [6.45, 7) is 4.90. The van der Waals surface area contributed by atoms with Crippen molar-refractivity contribution in [3.63, 3.8) is 0 Å².